The van der Waals surface area contributed by atoms with Crippen molar-refractivity contribution in [1.29, 1.82) is 0 Å². The van der Waals surface area contributed by atoms with Gasteiger partial charge in [-0.25, -0.2) is 8.42 Å². The fourth-order valence-electron chi connectivity index (χ4n) is 3.07. The van der Waals surface area contributed by atoms with Crippen LogP contribution in [-0.4, -0.2) is 47.8 Å². The summed E-state index contributed by atoms with van der Waals surface area (Å²) in [6.07, 6.45) is 1.85. The second kappa shape index (κ2) is 9.15. The molecule has 0 bridgehead atoms. The first kappa shape index (κ1) is 20.9. The molecule has 0 saturated carbocycles. The average Bonchev–Trinajstić information content (AvgIpc) is 3.25. The number of benzene rings is 2. The number of carbonyl (C=O) groups excluding carboxylic acids is 1. The minimum absolute atomic E-state index is 0.0103. The van der Waals surface area contributed by atoms with Crippen LogP contribution in [0.2, 0.25) is 0 Å². The Morgan fingerprint density at radius 2 is 1.97 bits per heavy atom. The summed E-state index contributed by atoms with van der Waals surface area (Å²) >= 11 is 0. The maximum absolute atomic E-state index is 13.0. The van der Waals surface area contributed by atoms with Gasteiger partial charge in [-0.3, -0.25) is 9.52 Å². The topological polar surface area (TPSA) is 103 Å². The molecule has 1 heterocycles. The predicted molar refractivity (Wildman–Crippen MR) is 108 cm³/mol. The summed E-state index contributed by atoms with van der Waals surface area (Å²) in [7, 11) is -1.21. The summed E-state index contributed by atoms with van der Waals surface area (Å²) < 4.78 is 44.3. The molecular weight excluding hydrogens is 396 g/mol. The van der Waals surface area contributed by atoms with E-state index in [1.807, 2.05) is 0 Å². The van der Waals surface area contributed by atoms with Gasteiger partial charge in [0.05, 0.1) is 31.6 Å². The van der Waals surface area contributed by atoms with Crippen molar-refractivity contribution in [3.05, 3.63) is 48.0 Å². The molecule has 2 aromatic rings. The van der Waals surface area contributed by atoms with Gasteiger partial charge >= 0.3 is 0 Å². The lowest BCUT2D eigenvalue weighted by molar-refractivity contribution is 0.0858. The van der Waals surface area contributed by atoms with Crippen molar-refractivity contribution in [3.8, 4) is 11.5 Å². The van der Waals surface area contributed by atoms with Crippen LogP contribution in [0.25, 0.3) is 0 Å². The lowest BCUT2D eigenvalue weighted by atomic mass is 10.1. The van der Waals surface area contributed by atoms with Crippen LogP contribution in [0.4, 0.5) is 5.69 Å². The molecule has 3 rings (SSSR count). The molecule has 9 heteroatoms. The number of nitrogens with one attached hydrogen (secondary N) is 2. The van der Waals surface area contributed by atoms with E-state index in [4.69, 9.17) is 14.2 Å². The average molecular weight is 420 g/mol. The third-order valence-electron chi connectivity index (χ3n) is 4.59. The van der Waals surface area contributed by atoms with Crippen LogP contribution in [0, 0.1) is 0 Å². The summed E-state index contributed by atoms with van der Waals surface area (Å²) in [5.74, 6) is 0.156. The SMILES string of the molecule is COc1ccc(OC)c(S(=O)(=O)Nc2ccccc2C(=O)NC[C@H]2CCCO2)c1. The Kier molecular flexibility index (Phi) is 6.60. The van der Waals surface area contributed by atoms with E-state index in [-0.39, 0.29) is 33.9 Å². The maximum atomic E-state index is 13.0. The van der Waals surface area contributed by atoms with Crippen molar-refractivity contribution >= 4 is 21.6 Å². The second-order valence-electron chi connectivity index (χ2n) is 6.51. The summed E-state index contributed by atoms with van der Waals surface area (Å²) in [6.45, 7) is 1.07. The van der Waals surface area contributed by atoms with Crippen LogP contribution in [0.1, 0.15) is 23.2 Å². The van der Waals surface area contributed by atoms with Gasteiger partial charge in [0.2, 0.25) is 0 Å². The van der Waals surface area contributed by atoms with Crippen LogP contribution in [0.3, 0.4) is 0 Å². The largest absolute Gasteiger partial charge is 0.497 e. The lowest BCUT2D eigenvalue weighted by Gasteiger charge is -2.16. The molecule has 0 radical (unpaired) electrons. The number of amides is 1. The van der Waals surface area contributed by atoms with Crippen LogP contribution in [-0.2, 0) is 14.8 Å². The molecule has 1 aliphatic heterocycles. The van der Waals surface area contributed by atoms with Crippen LogP contribution < -0.4 is 19.5 Å². The maximum Gasteiger partial charge on any atom is 0.265 e. The van der Waals surface area contributed by atoms with Crippen molar-refractivity contribution in [3.63, 3.8) is 0 Å². The molecule has 0 spiro atoms. The predicted octanol–water partition coefficient (Wildman–Crippen LogP) is 2.41. The smallest absolute Gasteiger partial charge is 0.265 e. The van der Waals surface area contributed by atoms with Gasteiger partial charge < -0.3 is 19.5 Å². The molecule has 156 valence electrons. The van der Waals surface area contributed by atoms with E-state index in [1.54, 1.807) is 24.3 Å². The molecule has 1 amide bonds. The highest BCUT2D eigenvalue weighted by molar-refractivity contribution is 7.92. The molecule has 0 aromatic heterocycles. The number of methoxy groups -OCH3 is 2. The van der Waals surface area contributed by atoms with E-state index >= 15 is 0 Å². The van der Waals surface area contributed by atoms with Gasteiger partial charge in [-0.1, -0.05) is 12.1 Å². The number of anilines is 1. The van der Waals surface area contributed by atoms with Crippen molar-refractivity contribution < 1.29 is 27.4 Å². The highest BCUT2D eigenvalue weighted by Crippen LogP contribution is 2.30. The van der Waals surface area contributed by atoms with Crippen LogP contribution in [0.5, 0.6) is 11.5 Å². The number of carbonyl (C=O) groups is 1. The summed E-state index contributed by atoms with van der Waals surface area (Å²) in [4.78, 5) is 12.5. The van der Waals surface area contributed by atoms with Crippen molar-refractivity contribution in [2.75, 3.05) is 32.1 Å². The quantitative estimate of drug-likeness (QED) is 0.680. The van der Waals surface area contributed by atoms with Crippen LogP contribution >= 0.6 is 0 Å². The Balaban J connectivity index is 1.83. The van der Waals surface area contributed by atoms with Gasteiger partial charge in [0.1, 0.15) is 16.4 Å². The molecule has 2 aromatic carbocycles. The number of hydrogen-bond acceptors (Lipinski definition) is 6. The molecule has 2 N–H and O–H groups in total. The first-order chi connectivity index (χ1) is 13.9. The Morgan fingerprint density at radius 1 is 1.17 bits per heavy atom. The van der Waals surface area contributed by atoms with E-state index in [1.165, 1.54) is 32.4 Å². The summed E-state index contributed by atoms with van der Waals surface area (Å²) in [5, 5.41) is 2.80. The Bertz CT molecular complexity index is 971. The van der Waals surface area contributed by atoms with Crippen LogP contribution in [0.15, 0.2) is 47.4 Å². The minimum Gasteiger partial charge on any atom is -0.497 e. The Morgan fingerprint density at radius 3 is 2.66 bits per heavy atom. The highest BCUT2D eigenvalue weighted by atomic mass is 32.2. The zero-order chi connectivity index (χ0) is 20.9. The third kappa shape index (κ3) is 4.99. The fraction of sp³-hybridized carbons (Fsp3) is 0.350. The highest BCUT2D eigenvalue weighted by Gasteiger charge is 2.24. The minimum atomic E-state index is -4.03. The molecule has 0 unspecified atom stereocenters. The molecule has 8 nitrogen and oxygen atoms in total. The fourth-order valence-corrected chi connectivity index (χ4v) is 4.34. The standard InChI is InChI=1S/C20H24N2O6S/c1-26-14-9-10-18(27-2)19(12-14)29(24,25)22-17-8-4-3-7-16(17)20(23)21-13-15-6-5-11-28-15/h3-4,7-10,12,15,22H,5-6,11,13H2,1-2H3,(H,21,23)/t15-/m1/s1. The van der Waals surface area contributed by atoms with E-state index in [0.717, 1.165) is 12.8 Å². The van der Waals surface area contributed by atoms with E-state index in [0.29, 0.717) is 18.9 Å². The number of sulfonamides is 1. The van der Waals surface area contributed by atoms with E-state index < -0.39 is 10.0 Å². The van der Waals surface area contributed by atoms with Gasteiger partial charge in [-0.05, 0) is 37.1 Å². The second-order valence-corrected chi connectivity index (χ2v) is 8.16. The Labute approximate surface area is 170 Å². The molecule has 1 fully saturated rings. The number of rotatable bonds is 8. The first-order valence-corrected chi connectivity index (χ1v) is 10.7. The normalized spacial score (nSPS) is 16.3. The van der Waals surface area contributed by atoms with Gasteiger partial charge in [0.15, 0.2) is 0 Å². The summed E-state index contributed by atoms with van der Waals surface area (Å²) in [6, 6.07) is 10.9. The third-order valence-corrected chi connectivity index (χ3v) is 5.98. The molecule has 1 saturated heterocycles. The summed E-state index contributed by atoms with van der Waals surface area (Å²) in [5.41, 5.74) is 0.387. The molecule has 0 aliphatic carbocycles. The zero-order valence-corrected chi connectivity index (χ0v) is 17.1. The monoisotopic (exact) mass is 420 g/mol. The molecule has 1 atom stereocenters. The van der Waals surface area contributed by atoms with Gasteiger partial charge in [0.25, 0.3) is 15.9 Å². The lowest BCUT2D eigenvalue weighted by Crippen LogP contribution is -2.32. The van der Waals surface area contributed by atoms with Gasteiger partial charge in [-0.15, -0.1) is 0 Å². The van der Waals surface area contributed by atoms with Crippen molar-refractivity contribution in [2.24, 2.45) is 0 Å². The molecule has 1 aliphatic rings. The molecule has 29 heavy (non-hydrogen) atoms. The zero-order valence-electron chi connectivity index (χ0n) is 16.3. The van der Waals surface area contributed by atoms with Crippen molar-refractivity contribution in [1.82, 2.24) is 5.32 Å². The number of hydrogen-bond donors (Lipinski definition) is 2. The van der Waals surface area contributed by atoms with Gasteiger partial charge in [0, 0.05) is 19.2 Å². The van der Waals surface area contributed by atoms with Gasteiger partial charge in [-0.2, -0.15) is 0 Å². The van der Waals surface area contributed by atoms with Crippen molar-refractivity contribution in [2.45, 2.75) is 23.8 Å². The first-order valence-electron chi connectivity index (χ1n) is 9.18. The van der Waals surface area contributed by atoms with E-state index in [9.17, 15) is 13.2 Å². The number of para-hydroxylation sites is 1. The van der Waals surface area contributed by atoms with E-state index in [2.05, 4.69) is 10.0 Å². The number of ether oxygens (including phenoxy) is 3. The molecular formula is C20H24N2O6S. The Hall–Kier alpha value is -2.78.